The van der Waals surface area contributed by atoms with Crippen molar-refractivity contribution in [1.82, 2.24) is 15.1 Å². The summed E-state index contributed by atoms with van der Waals surface area (Å²) in [5.41, 5.74) is 0. The molecule has 2 aliphatic rings. The van der Waals surface area contributed by atoms with E-state index in [4.69, 9.17) is 4.74 Å². The summed E-state index contributed by atoms with van der Waals surface area (Å²) >= 11 is 0. The molecule has 2 aliphatic heterocycles. The van der Waals surface area contributed by atoms with E-state index < -0.39 is 0 Å². The Kier molecular flexibility index (Phi) is 5.81. The highest BCUT2D eigenvalue weighted by molar-refractivity contribution is 5.82. The molecule has 0 aliphatic carbocycles. The zero-order chi connectivity index (χ0) is 14.5. The van der Waals surface area contributed by atoms with Crippen molar-refractivity contribution in [2.24, 2.45) is 0 Å². The summed E-state index contributed by atoms with van der Waals surface area (Å²) < 4.78 is 5.16. The molecule has 0 bridgehead atoms. The number of methoxy groups -OCH3 is 1. The Balaban J connectivity index is 1.96. The van der Waals surface area contributed by atoms with E-state index in [0.29, 0.717) is 12.6 Å². The Morgan fingerprint density at radius 3 is 2.75 bits per heavy atom. The summed E-state index contributed by atoms with van der Waals surface area (Å²) in [7, 11) is 3.59. The quantitative estimate of drug-likeness (QED) is 0.806. The molecule has 5 heteroatoms. The maximum atomic E-state index is 12.7. The minimum absolute atomic E-state index is 0.0856. The fourth-order valence-corrected chi connectivity index (χ4v) is 3.43. The van der Waals surface area contributed by atoms with Crippen LogP contribution < -0.4 is 5.32 Å². The molecule has 5 nitrogen and oxygen atoms in total. The second kappa shape index (κ2) is 7.38. The summed E-state index contributed by atoms with van der Waals surface area (Å²) in [6.07, 6.45) is 4.49. The number of piperidine rings is 1. The molecule has 0 aromatic heterocycles. The zero-order valence-corrected chi connectivity index (χ0v) is 13.1. The number of rotatable bonds is 5. The van der Waals surface area contributed by atoms with Gasteiger partial charge in [0, 0.05) is 20.2 Å². The molecule has 116 valence electrons. The molecule has 1 amide bonds. The van der Waals surface area contributed by atoms with Gasteiger partial charge in [-0.3, -0.25) is 9.69 Å². The molecule has 2 unspecified atom stereocenters. The van der Waals surface area contributed by atoms with Crippen LogP contribution >= 0.6 is 0 Å². The van der Waals surface area contributed by atoms with E-state index in [2.05, 4.69) is 10.2 Å². The van der Waals surface area contributed by atoms with Crippen molar-refractivity contribution in [1.29, 1.82) is 0 Å². The van der Waals surface area contributed by atoms with Crippen molar-refractivity contribution >= 4 is 5.91 Å². The smallest absolute Gasteiger partial charge is 0.239 e. The van der Waals surface area contributed by atoms with Crippen LogP contribution in [0.4, 0.5) is 0 Å². The van der Waals surface area contributed by atoms with E-state index in [9.17, 15) is 4.79 Å². The highest BCUT2D eigenvalue weighted by Crippen LogP contribution is 2.26. The fourth-order valence-electron chi connectivity index (χ4n) is 3.43. The first-order valence-corrected chi connectivity index (χ1v) is 7.87. The van der Waals surface area contributed by atoms with Crippen LogP contribution in [-0.4, -0.2) is 74.2 Å². The largest absolute Gasteiger partial charge is 0.383 e. The Morgan fingerprint density at radius 2 is 2.10 bits per heavy atom. The van der Waals surface area contributed by atoms with Gasteiger partial charge in [-0.25, -0.2) is 0 Å². The van der Waals surface area contributed by atoms with Crippen molar-refractivity contribution < 1.29 is 9.53 Å². The third kappa shape index (κ3) is 3.51. The van der Waals surface area contributed by atoms with Gasteiger partial charge in [0.15, 0.2) is 0 Å². The zero-order valence-electron chi connectivity index (χ0n) is 13.1. The van der Waals surface area contributed by atoms with E-state index in [-0.39, 0.29) is 18.0 Å². The van der Waals surface area contributed by atoms with Crippen LogP contribution in [0.3, 0.4) is 0 Å². The van der Waals surface area contributed by atoms with Crippen LogP contribution in [0.15, 0.2) is 0 Å². The monoisotopic (exact) mass is 283 g/mol. The first-order valence-electron chi connectivity index (χ1n) is 7.87. The lowest BCUT2D eigenvalue weighted by atomic mass is 10.0. The van der Waals surface area contributed by atoms with Crippen LogP contribution in [0.5, 0.6) is 0 Å². The van der Waals surface area contributed by atoms with Gasteiger partial charge in [-0.05, 0) is 52.2 Å². The number of hydrogen-bond acceptors (Lipinski definition) is 4. The predicted molar refractivity (Wildman–Crippen MR) is 79.7 cm³/mol. The van der Waals surface area contributed by atoms with Crippen LogP contribution in [0, 0.1) is 0 Å². The van der Waals surface area contributed by atoms with Gasteiger partial charge in [0.2, 0.25) is 5.91 Å². The highest BCUT2D eigenvalue weighted by atomic mass is 16.5. The normalized spacial score (nSPS) is 26.6. The summed E-state index contributed by atoms with van der Waals surface area (Å²) in [5.74, 6) is 0.269. The number of nitrogens with one attached hydrogen (secondary N) is 1. The molecule has 0 aromatic rings. The second-order valence-corrected chi connectivity index (χ2v) is 6.13. The summed E-state index contributed by atoms with van der Waals surface area (Å²) in [5, 5.41) is 3.40. The average molecular weight is 283 g/mol. The number of likely N-dealkylation sites (N-methyl/N-ethyl adjacent to an activating group) is 1. The third-order valence-electron chi connectivity index (χ3n) is 4.77. The predicted octanol–water partition coefficient (Wildman–Crippen LogP) is 0.696. The van der Waals surface area contributed by atoms with E-state index in [1.165, 1.54) is 12.8 Å². The molecular weight excluding hydrogens is 254 g/mol. The summed E-state index contributed by atoms with van der Waals surface area (Å²) in [6, 6.07) is 0.809. The molecule has 0 aromatic carbocycles. The standard InChI is InChI=1S/C15H29N3O2/c1-12(11-20-3)17(2)15(19)14-5-4-10-18(14)13-6-8-16-9-7-13/h12-14,16H,4-11H2,1-3H3. The number of likely N-dealkylation sites (tertiary alicyclic amines) is 1. The Morgan fingerprint density at radius 1 is 1.40 bits per heavy atom. The lowest BCUT2D eigenvalue weighted by Crippen LogP contribution is -2.52. The minimum atomic E-state index is 0.0856. The molecule has 0 radical (unpaired) electrons. The van der Waals surface area contributed by atoms with E-state index >= 15 is 0 Å². The van der Waals surface area contributed by atoms with Gasteiger partial charge in [0.25, 0.3) is 0 Å². The topological polar surface area (TPSA) is 44.8 Å². The van der Waals surface area contributed by atoms with Gasteiger partial charge < -0.3 is 15.0 Å². The lowest BCUT2D eigenvalue weighted by Gasteiger charge is -2.37. The van der Waals surface area contributed by atoms with Crippen molar-refractivity contribution in [2.75, 3.05) is 40.4 Å². The number of carbonyl (C=O) groups excluding carboxylic acids is 1. The Labute approximate surface area is 122 Å². The number of carbonyl (C=O) groups is 1. The highest BCUT2D eigenvalue weighted by Gasteiger charge is 2.37. The average Bonchev–Trinajstić information content (AvgIpc) is 2.96. The molecular formula is C15H29N3O2. The molecule has 2 fully saturated rings. The van der Waals surface area contributed by atoms with Crippen LogP contribution in [0.2, 0.25) is 0 Å². The summed E-state index contributed by atoms with van der Waals surface area (Å²) in [4.78, 5) is 17.1. The molecule has 20 heavy (non-hydrogen) atoms. The third-order valence-corrected chi connectivity index (χ3v) is 4.77. The summed E-state index contributed by atoms with van der Waals surface area (Å²) in [6.45, 7) is 5.89. The molecule has 0 saturated carbocycles. The number of hydrogen-bond donors (Lipinski definition) is 1. The van der Waals surface area contributed by atoms with Gasteiger partial charge in [-0.2, -0.15) is 0 Å². The lowest BCUT2D eigenvalue weighted by molar-refractivity contribution is -0.138. The van der Waals surface area contributed by atoms with Crippen molar-refractivity contribution in [2.45, 2.75) is 50.7 Å². The van der Waals surface area contributed by atoms with Crippen molar-refractivity contribution in [3.05, 3.63) is 0 Å². The van der Waals surface area contributed by atoms with Gasteiger partial charge in [0.1, 0.15) is 0 Å². The van der Waals surface area contributed by atoms with Gasteiger partial charge >= 0.3 is 0 Å². The van der Waals surface area contributed by atoms with Crippen molar-refractivity contribution in [3.63, 3.8) is 0 Å². The Hall–Kier alpha value is -0.650. The minimum Gasteiger partial charge on any atom is -0.383 e. The Bertz CT molecular complexity index is 318. The maximum absolute atomic E-state index is 12.7. The molecule has 2 saturated heterocycles. The van der Waals surface area contributed by atoms with Crippen molar-refractivity contribution in [3.8, 4) is 0 Å². The number of nitrogens with zero attached hydrogens (tertiary/aromatic N) is 2. The molecule has 0 spiro atoms. The van der Waals surface area contributed by atoms with E-state index in [1.807, 2.05) is 18.9 Å². The van der Waals surface area contributed by atoms with Gasteiger partial charge in [-0.1, -0.05) is 0 Å². The van der Waals surface area contributed by atoms with Gasteiger partial charge in [-0.15, -0.1) is 0 Å². The number of ether oxygens (including phenoxy) is 1. The number of amides is 1. The molecule has 1 N–H and O–H groups in total. The van der Waals surface area contributed by atoms with E-state index in [0.717, 1.165) is 32.5 Å². The second-order valence-electron chi connectivity index (χ2n) is 6.13. The van der Waals surface area contributed by atoms with E-state index in [1.54, 1.807) is 7.11 Å². The van der Waals surface area contributed by atoms with Crippen LogP contribution in [0.25, 0.3) is 0 Å². The first-order chi connectivity index (χ1) is 9.65. The molecule has 2 atom stereocenters. The maximum Gasteiger partial charge on any atom is 0.239 e. The molecule has 2 heterocycles. The van der Waals surface area contributed by atoms with Crippen LogP contribution in [-0.2, 0) is 9.53 Å². The fraction of sp³-hybridized carbons (Fsp3) is 0.933. The SMILES string of the molecule is COCC(C)N(C)C(=O)C1CCCN1C1CCNCC1. The van der Waals surface area contributed by atoms with Crippen LogP contribution in [0.1, 0.15) is 32.6 Å². The van der Waals surface area contributed by atoms with Gasteiger partial charge in [0.05, 0.1) is 18.7 Å². The first kappa shape index (κ1) is 15.7. The molecule has 2 rings (SSSR count).